The quantitative estimate of drug-likeness (QED) is 0.751. The van der Waals surface area contributed by atoms with E-state index in [-0.39, 0.29) is 5.15 Å². The number of fused-ring (bicyclic) bond motifs is 1. The van der Waals surface area contributed by atoms with E-state index in [9.17, 15) is 0 Å². The van der Waals surface area contributed by atoms with Crippen molar-refractivity contribution in [3.63, 3.8) is 0 Å². The molecular formula is C13H11ClN4OS. The minimum atomic E-state index is 0.289. The van der Waals surface area contributed by atoms with Gasteiger partial charge in [0.1, 0.15) is 6.33 Å². The van der Waals surface area contributed by atoms with Crippen molar-refractivity contribution in [3.05, 3.63) is 35.2 Å². The monoisotopic (exact) mass is 306 g/mol. The molecule has 3 rings (SSSR count). The van der Waals surface area contributed by atoms with Crippen LogP contribution < -0.4 is 4.74 Å². The topological polar surface area (TPSA) is 63.7 Å². The van der Waals surface area contributed by atoms with E-state index in [1.807, 2.05) is 19.1 Å². The lowest BCUT2D eigenvalue weighted by atomic mass is 10.2. The lowest BCUT2D eigenvalue weighted by molar-refractivity contribution is 0.398. The van der Waals surface area contributed by atoms with Gasteiger partial charge >= 0.3 is 0 Å². The maximum atomic E-state index is 5.98. The third-order valence-electron chi connectivity index (χ3n) is 2.74. The number of aromatic amines is 1. The Labute approximate surface area is 124 Å². The van der Waals surface area contributed by atoms with Crippen molar-refractivity contribution in [3.8, 4) is 5.75 Å². The molecule has 0 radical (unpaired) electrons. The summed E-state index contributed by atoms with van der Waals surface area (Å²) in [6.45, 7) is 2.04. The molecule has 0 fully saturated rings. The maximum Gasteiger partial charge on any atom is 0.189 e. The van der Waals surface area contributed by atoms with Crippen molar-refractivity contribution < 1.29 is 4.74 Å². The van der Waals surface area contributed by atoms with Crippen molar-refractivity contribution in [1.82, 2.24) is 19.9 Å². The molecule has 0 saturated carbocycles. The van der Waals surface area contributed by atoms with E-state index >= 15 is 0 Å². The van der Waals surface area contributed by atoms with Gasteiger partial charge in [-0.1, -0.05) is 17.7 Å². The van der Waals surface area contributed by atoms with Crippen LogP contribution in [0, 0.1) is 6.92 Å². The number of aryl methyl sites for hydroxylation is 1. The largest absolute Gasteiger partial charge is 0.491 e. The SMILES string of the molecule is COc1c(Cl)ncnc1Sc1nc2ccc(C)cc2[nH]1. The lowest BCUT2D eigenvalue weighted by Crippen LogP contribution is -1.93. The van der Waals surface area contributed by atoms with E-state index in [0.717, 1.165) is 16.2 Å². The number of rotatable bonds is 3. The summed E-state index contributed by atoms with van der Waals surface area (Å²) in [5.41, 5.74) is 3.09. The minimum Gasteiger partial charge on any atom is -0.491 e. The highest BCUT2D eigenvalue weighted by molar-refractivity contribution is 7.99. The number of halogens is 1. The molecule has 0 bridgehead atoms. The molecule has 0 saturated heterocycles. The molecule has 2 aromatic heterocycles. The zero-order valence-electron chi connectivity index (χ0n) is 10.8. The van der Waals surface area contributed by atoms with Gasteiger partial charge in [0.05, 0.1) is 18.1 Å². The van der Waals surface area contributed by atoms with E-state index in [0.29, 0.717) is 10.8 Å². The number of aromatic nitrogens is 4. The number of methoxy groups -OCH3 is 1. The fourth-order valence-corrected chi connectivity index (χ4v) is 2.95. The summed E-state index contributed by atoms with van der Waals surface area (Å²) in [6, 6.07) is 6.06. The number of ether oxygens (including phenoxy) is 1. The van der Waals surface area contributed by atoms with Crippen molar-refractivity contribution in [2.45, 2.75) is 17.1 Å². The summed E-state index contributed by atoms with van der Waals surface area (Å²) in [4.78, 5) is 15.8. The molecule has 0 aliphatic rings. The second kappa shape index (κ2) is 5.30. The Bertz CT molecular complexity index is 774. The summed E-state index contributed by atoms with van der Waals surface area (Å²) < 4.78 is 5.22. The summed E-state index contributed by atoms with van der Waals surface area (Å²) in [7, 11) is 1.54. The third kappa shape index (κ3) is 2.44. The summed E-state index contributed by atoms with van der Waals surface area (Å²) >= 11 is 7.33. The van der Waals surface area contributed by atoms with Gasteiger partial charge in [0.15, 0.2) is 21.1 Å². The van der Waals surface area contributed by atoms with E-state index < -0.39 is 0 Å². The first kappa shape index (κ1) is 13.2. The van der Waals surface area contributed by atoms with Crippen LogP contribution in [0.25, 0.3) is 11.0 Å². The molecule has 1 N–H and O–H groups in total. The van der Waals surface area contributed by atoms with Crippen LogP contribution in [0.15, 0.2) is 34.7 Å². The van der Waals surface area contributed by atoms with Gasteiger partial charge in [0.2, 0.25) is 0 Å². The average molecular weight is 307 g/mol. The number of hydrogen-bond acceptors (Lipinski definition) is 5. The van der Waals surface area contributed by atoms with E-state index in [2.05, 4.69) is 26.0 Å². The van der Waals surface area contributed by atoms with Gasteiger partial charge in [-0.05, 0) is 36.4 Å². The van der Waals surface area contributed by atoms with Gasteiger partial charge in [-0.3, -0.25) is 0 Å². The summed E-state index contributed by atoms with van der Waals surface area (Å²) in [6.07, 6.45) is 1.40. The zero-order chi connectivity index (χ0) is 14.1. The standard InChI is InChI=1S/C13H11ClN4OS/c1-7-3-4-8-9(5-7)18-13(17-8)20-12-10(19-2)11(14)15-6-16-12/h3-6H,1-2H3,(H,17,18). The highest BCUT2D eigenvalue weighted by atomic mass is 35.5. The fraction of sp³-hybridized carbons (Fsp3) is 0.154. The van der Waals surface area contributed by atoms with Gasteiger partial charge in [0.25, 0.3) is 0 Å². The van der Waals surface area contributed by atoms with Crippen LogP contribution in [0.2, 0.25) is 5.15 Å². The Morgan fingerprint density at radius 2 is 2.15 bits per heavy atom. The first-order valence-corrected chi connectivity index (χ1v) is 7.05. The molecule has 3 aromatic rings. The van der Waals surface area contributed by atoms with Gasteiger partial charge in [-0.2, -0.15) is 0 Å². The fourth-order valence-electron chi connectivity index (χ4n) is 1.82. The number of nitrogens with zero attached hydrogens (tertiary/aromatic N) is 3. The van der Waals surface area contributed by atoms with Crippen molar-refractivity contribution >= 4 is 34.4 Å². The molecule has 102 valence electrons. The second-order valence-corrected chi connectivity index (χ2v) is 5.50. The van der Waals surface area contributed by atoms with Gasteiger partial charge in [-0.15, -0.1) is 0 Å². The van der Waals surface area contributed by atoms with Crippen LogP contribution in [0.4, 0.5) is 0 Å². The molecule has 0 amide bonds. The average Bonchev–Trinajstić information content (AvgIpc) is 2.80. The minimum absolute atomic E-state index is 0.289. The molecule has 20 heavy (non-hydrogen) atoms. The normalized spacial score (nSPS) is 10.9. The van der Waals surface area contributed by atoms with Crippen molar-refractivity contribution in [1.29, 1.82) is 0 Å². The van der Waals surface area contributed by atoms with Crippen molar-refractivity contribution in [2.24, 2.45) is 0 Å². The highest BCUT2D eigenvalue weighted by Gasteiger charge is 2.14. The van der Waals surface area contributed by atoms with E-state index in [4.69, 9.17) is 16.3 Å². The molecule has 1 aromatic carbocycles. The van der Waals surface area contributed by atoms with Crippen LogP contribution in [0.1, 0.15) is 5.56 Å². The molecule has 7 heteroatoms. The van der Waals surface area contributed by atoms with Crippen LogP contribution in [-0.2, 0) is 0 Å². The number of H-pyrrole nitrogens is 1. The number of benzene rings is 1. The van der Waals surface area contributed by atoms with Gasteiger partial charge < -0.3 is 9.72 Å². The van der Waals surface area contributed by atoms with Gasteiger partial charge in [-0.25, -0.2) is 15.0 Å². The van der Waals surface area contributed by atoms with E-state index in [1.54, 1.807) is 0 Å². The number of hydrogen-bond donors (Lipinski definition) is 1. The number of nitrogens with one attached hydrogen (secondary N) is 1. The molecule has 2 heterocycles. The first-order chi connectivity index (χ1) is 9.67. The van der Waals surface area contributed by atoms with E-state index in [1.165, 1.54) is 30.8 Å². The molecule has 5 nitrogen and oxygen atoms in total. The van der Waals surface area contributed by atoms with Crippen LogP contribution >= 0.6 is 23.4 Å². The smallest absolute Gasteiger partial charge is 0.189 e. The lowest BCUT2D eigenvalue weighted by Gasteiger charge is -2.05. The first-order valence-electron chi connectivity index (χ1n) is 5.86. The molecular weight excluding hydrogens is 296 g/mol. The summed E-state index contributed by atoms with van der Waals surface area (Å²) in [5, 5.41) is 1.65. The third-order valence-corrected chi connectivity index (χ3v) is 3.88. The molecule has 0 aliphatic heterocycles. The highest BCUT2D eigenvalue weighted by Crippen LogP contribution is 2.35. The number of imidazole rings is 1. The summed E-state index contributed by atoms with van der Waals surface area (Å²) in [5.74, 6) is 0.454. The Hall–Kier alpha value is -1.79. The van der Waals surface area contributed by atoms with Gasteiger partial charge in [0, 0.05) is 0 Å². The van der Waals surface area contributed by atoms with Crippen molar-refractivity contribution in [2.75, 3.05) is 7.11 Å². The van der Waals surface area contributed by atoms with Crippen LogP contribution in [-0.4, -0.2) is 27.0 Å². The molecule has 0 aliphatic carbocycles. The predicted octanol–water partition coefficient (Wildman–Crippen LogP) is 3.47. The molecule has 0 unspecified atom stereocenters. The Morgan fingerprint density at radius 3 is 2.95 bits per heavy atom. The Morgan fingerprint density at radius 1 is 1.30 bits per heavy atom. The molecule has 0 spiro atoms. The molecule has 0 atom stereocenters. The second-order valence-electron chi connectivity index (χ2n) is 4.17. The zero-order valence-corrected chi connectivity index (χ0v) is 12.4. The maximum absolute atomic E-state index is 5.98. The Kier molecular flexibility index (Phi) is 3.50. The van der Waals surface area contributed by atoms with Crippen LogP contribution in [0.3, 0.4) is 0 Å². The Balaban J connectivity index is 1.99. The predicted molar refractivity (Wildman–Crippen MR) is 78.5 cm³/mol. The van der Waals surface area contributed by atoms with Crippen LogP contribution in [0.5, 0.6) is 5.75 Å².